The molecule has 0 spiro atoms. The molecule has 2 aromatic rings. The molecule has 2 rings (SSSR count). The summed E-state index contributed by atoms with van der Waals surface area (Å²) in [6.07, 6.45) is 0.993. The van der Waals surface area contributed by atoms with Gasteiger partial charge in [-0.25, -0.2) is 4.98 Å². The molecule has 2 aromatic heterocycles. The Morgan fingerprint density at radius 2 is 2.10 bits per heavy atom. The fourth-order valence-electron chi connectivity index (χ4n) is 1.62. The number of hydrogen-bond acceptors (Lipinski definition) is 7. The third-order valence-electron chi connectivity index (χ3n) is 2.54. The Hall–Kier alpha value is -1.47. The van der Waals surface area contributed by atoms with E-state index in [0.717, 1.165) is 23.7 Å². The molecule has 0 radical (unpaired) electrons. The first kappa shape index (κ1) is 14.9. The number of nitrogens with one attached hydrogen (secondary N) is 1. The summed E-state index contributed by atoms with van der Waals surface area (Å²) in [4.78, 5) is 18.9. The molecule has 8 heteroatoms. The molecule has 0 bridgehead atoms. The summed E-state index contributed by atoms with van der Waals surface area (Å²) >= 11 is 7.57. The Morgan fingerprint density at radius 3 is 2.75 bits per heavy atom. The number of halogens is 1. The van der Waals surface area contributed by atoms with Gasteiger partial charge in [-0.2, -0.15) is 15.0 Å². The number of aromatic nitrogens is 4. The van der Waals surface area contributed by atoms with E-state index < -0.39 is 0 Å². The summed E-state index contributed by atoms with van der Waals surface area (Å²) in [6, 6.07) is 0. The van der Waals surface area contributed by atoms with Gasteiger partial charge in [0.15, 0.2) is 0 Å². The molecule has 2 heterocycles. The van der Waals surface area contributed by atoms with Gasteiger partial charge in [-0.05, 0) is 24.9 Å². The van der Waals surface area contributed by atoms with E-state index in [2.05, 4.69) is 32.2 Å². The molecule has 0 aromatic carbocycles. The largest absolute Gasteiger partial charge is 0.354 e. The molecule has 0 unspecified atom stereocenters. The highest BCUT2D eigenvalue weighted by molar-refractivity contribution is 7.09. The van der Waals surface area contributed by atoms with Crippen LogP contribution >= 0.6 is 22.9 Å². The first-order chi connectivity index (χ1) is 9.58. The van der Waals surface area contributed by atoms with E-state index in [9.17, 15) is 0 Å². The zero-order valence-electron chi connectivity index (χ0n) is 11.7. The number of thiazole rings is 1. The molecule has 0 aliphatic carbocycles. The monoisotopic (exact) mass is 312 g/mol. The Labute approximate surface area is 127 Å². The van der Waals surface area contributed by atoms with Gasteiger partial charge in [-0.15, -0.1) is 11.3 Å². The maximum Gasteiger partial charge on any atom is 0.231 e. The van der Waals surface area contributed by atoms with Gasteiger partial charge < -0.3 is 10.2 Å². The molecule has 6 nitrogen and oxygen atoms in total. The van der Waals surface area contributed by atoms with Crippen molar-refractivity contribution in [2.45, 2.75) is 26.8 Å². The third kappa shape index (κ3) is 4.01. The average Bonchev–Trinajstić information content (AvgIpc) is 2.81. The van der Waals surface area contributed by atoms with Crippen LogP contribution in [0.25, 0.3) is 0 Å². The number of hydrogen-bond donors (Lipinski definition) is 1. The second-order valence-corrected chi connectivity index (χ2v) is 5.77. The highest BCUT2D eigenvalue weighted by Gasteiger charge is 2.11. The lowest BCUT2D eigenvalue weighted by Gasteiger charge is -2.16. The van der Waals surface area contributed by atoms with Crippen LogP contribution in [0.2, 0.25) is 5.28 Å². The fraction of sp³-hybridized carbons (Fsp3) is 0.500. The molecule has 0 saturated heterocycles. The molecule has 0 saturated carbocycles. The first-order valence-corrected chi connectivity index (χ1v) is 7.62. The van der Waals surface area contributed by atoms with Crippen LogP contribution in [0.5, 0.6) is 0 Å². The van der Waals surface area contributed by atoms with Crippen molar-refractivity contribution in [3.8, 4) is 0 Å². The Kier molecular flexibility index (Phi) is 5.08. The van der Waals surface area contributed by atoms with Crippen LogP contribution in [0.4, 0.5) is 11.9 Å². The molecular weight excluding hydrogens is 296 g/mol. The van der Waals surface area contributed by atoms with Crippen molar-refractivity contribution >= 4 is 34.8 Å². The smallest absolute Gasteiger partial charge is 0.231 e. The molecular formula is C12H17ClN6S. The van der Waals surface area contributed by atoms with Crippen LogP contribution in [-0.2, 0) is 6.54 Å². The first-order valence-electron chi connectivity index (χ1n) is 6.36. The van der Waals surface area contributed by atoms with E-state index in [1.54, 1.807) is 11.3 Å². The van der Waals surface area contributed by atoms with E-state index in [1.165, 1.54) is 0 Å². The fourth-order valence-corrected chi connectivity index (χ4v) is 2.38. The molecule has 1 N–H and O–H groups in total. The number of rotatable bonds is 6. The highest BCUT2D eigenvalue weighted by atomic mass is 35.5. The normalized spacial score (nSPS) is 10.6. The lowest BCUT2D eigenvalue weighted by molar-refractivity contribution is 0.831. The van der Waals surface area contributed by atoms with Crippen molar-refractivity contribution in [2.75, 3.05) is 23.8 Å². The predicted molar refractivity (Wildman–Crippen MR) is 82.6 cm³/mol. The molecule has 0 fully saturated rings. The van der Waals surface area contributed by atoms with Gasteiger partial charge in [-0.1, -0.05) is 6.92 Å². The van der Waals surface area contributed by atoms with Crippen LogP contribution in [0, 0.1) is 6.92 Å². The number of aryl methyl sites for hydroxylation is 1. The van der Waals surface area contributed by atoms with E-state index in [4.69, 9.17) is 11.6 Å². The lowest BCUT2D eigenvalue weighted by Crippen LogP contribution is -2.20. The molecule has 0 atom stereocenters. The van der Waals surface area contributed by atoms with E-state index in [-0.39, 0.29) is 5.28 Å². The van der Waals surface area contributed by atoms with Crippen molar-refractivity contribution in [3.63, 3.8) is 0 Å². The zero-order valence-corrected chi connectivity index (χ0v) is 13.3. The molecule has 0 aliphatic heterocycles. The summed E-state index contributed by atoms with van der Waals surface area (Å²) in [6.45, 7) is 5.50. The summed E-state index contributed by atoms with van der Waals surface area (Å²) in [7, 11) is 1.91. The second-order valence-electron chi connectivity index (χ2n) is 4.37. The maximum absolute atomic E-state index is 5.94. The van der Waals surface area contributed by atoms with E-state index in [0.29, 0.717) is 18.4 Å². The van der Waals surface area contributed by atoms with E-state index in [1.807, 2.05) is 24.3 Å². The van der Waals surface area contributed by atoms with Gasteiger partial charge in [0.25, 0.3) is 0 Å². The minimum atomic E-state index is 0.190. The average molecular weight is 313 g/mol. The molecule has 0 amide bonds. The van der Waals surface area contributed by atoms with Crippen LogP contribution in [0.1, 0.15) is 24.0 Å². The summed E-state index contributed by atoms with van der Waals surface area (Å²) in [5, 5.41) is 6.38. The topological polar surface area (TPSA) is 66.8 Å². The number of nitrogens with zero attached hydrogens (tertiary/aromatic N) is 5. The van der Waals surface area contributed by atoms with Crippen molar-refractivity contribution in [1.82, 2.24) is 19.9 Å². The molecule has 20 heavy (non-hydrogen) atoms. The van der Waals surface area contributed by atoms with Crippen molar-refractivity contribution < 1.29 is 0 Å². The third-order valence-corrected chi connectivity index (χ3v) is 3.53. The quantitative estimate of drug-likeness (QED) is 0.884. The van der Waals surface area contributed by atoms with Crippen molar-refractivity contribution in [3.05, 3.63) is 21.4 Å². The molecule has 108 valence electrons. The summed E-state index contributed by atoms with van der Waals surface area (Å²) in [5.74, 6) is 1.04. The van der Waals surface area contributed by atoms with Crippen molar-refractivity contribution in [1.29, 1.82) is 0 Å². The van der Waals surface area contributed by atoms with Crippen LogP contribution < -0.4 is 10.2 Å². The minimum Gasteiger partial charge on any atom is -0.354 e. The Morgan fingerprint density at radius 1 is 1.30 bits per heavy atom. The highest BCUT2D eigenvalue weighted by Crippen LogP contribution is 2.16. The lowest BCUT2D eigenvalue weighted by atomic mass is 10.4. The Balaban J connectivity index is 2.12. The predicted octanol–water partition coefficient (Wildman–Crippen LogP) is 2.75. The summed E-state index contributed by atoms with van der Waals surface area (Å²) < 4.78 is 0. The van der Waals surface area contributed by atoms with E-state index >= 15 is 0 Å². The van der Waals surface area contributed by atoms with Gasteiger partial charge in [0.2, 0.25) is 17.2 Å². The van der Waals surface area contributed by atoms with Gasteiger partial charge >= 0.3 is 0 Å². The van der Waals surface area contributed by atoms with Gasteiger partial charge in [0, 0.05) is 19.0 Å². The van der Waals surface area contributed by atoms with Crippen molar-refractivity contribution in [2.24, 2.45) is 0 Å². The van der Waals surface area contributed by atoms with Gasteiger partial charge in [0.1, 0.15) is 0 Å². The maximum atomic E-state index is 5.94. The second kappa shape index (κ2) is 6.81. The Bertz CT molecular complexity index is 573. The van der Waals surface area contributed by atoms with Crippen LogP contribution in [0.3, 0.4) is 0 Å². The number of anilines is 2. The summed E-state index contributed by atoms with van der Waals surface area (Å²) in [5.41, 5.74) is 0.995. The van der Waals surface area contributed by atoms with Crippen LogP contribution in [0.15, 0.2) is 5.38 Å². The zero-order chi connectivity index (χ0) is 14.5. The standard InChI is InChI=1S/C12H17ClN6S/c1-4-5-14-11-16-10(13)17-12(18-11)19(3)6-9-7-20-8(2)15-9/h7H,4-6H2,1-3H3,(H,14,16,17,18). The van der Waals surface area contributed by atoms with Crippen LogP contribution in [-0.4, -0.2) is 33.5 Å². The molecule has 0 aliphatic rings. The van der Waals surface area contributed by atoms with Gasteiger partial charge in [0.05, 0.1) is 17.2 Å². The minimum absolute atomic E-state index is 0.190. The SMILES string of the molecule is CCCNc1nc(Cl)nc(N(C)Cc2csc(C)n2)n1. The van der Waals surface area contributed by atoms with Gasteiger partial charge in [-0.3, -0.25) is 0 Å².